The van der Waals surface area contributed by atoms with Crippen LogP contribution in [0.2, 0.25) is 0 Å². The first kappa shape index (κ1) is 28.9. The van der Waals surface area contributed by atoms with E-state index >= 15 is 0 Å². The van der Waals surface area contributed by atoms with Gasteiger partial charge in [0, 0.05) is 18.1 Å². The zero-order valence-electron chi connectivity index (χ0n) is 22.8. The molecule has 218 valence electrons. The highest BCUT2D eigenvalue weighted by Gasteiger charge is 2.53. The zero-order chi connectivity index (χ0) is 29.6. The third kappa shape index (κ3) is 5.15. The third-order valence-electron chi connectivity index (χ3n) is 7.94. The number of esters is 2. The lowest BCUT2D eigenvalue weighted by atomic mass is 9.86. The Hall–Kier alpha value is -3.61. The summed E-state index contributed by atoms with van der Waals surface area (Å²) >= 11 is 0. The summed E-state index contributed by atoms with van der Waals surface area (Å²) in [5.74, 6) is -1.50. The molecule has 41 heavy (non-hydrogen) atoms. The van der Waals surface area contributed by atoms with Gasteiger partial charge in [0.05, 0.1) is 30.3 Å². The minimum absolute atomic E-state index is 0.0644. The lowest BCUT2D eigenvalue weighted by molar-refractivity contribution is -0.318. The van der Waals surface area contributed by atoms with E-state index in [4.69, 9.17) is 18.9 Å². The van der Waals surface area contributed by atoms with Crippen LogP contribution in [-0.4, -0.2) is 82.1 Å². The van der Waals surface area contributed by atoms with Crippen molar-refractivity contribution in [3.8, 4) is 5.75 Å². The zero-order valence-corrected chi connectivity index (χ0v) is 22.8. The molecular formula is C30H32O11. The van der Waals surface area contributed by atoms with E-state index < -0.39 is 60.8 Å². The van der Waals surface area contributed by atoms with Gasteiger partial charge < -0.3 is 39.4 Å². The molecule has 0 spiro atoms. The number of ether oxygens (including phenoxy) is 4. The van der Waals surface area contributed by atoms with Crippen molar-refractivity contribution < 1.29 is 53.8 Å². The van der Waals surface area contributed by atoms with Crippen molar-refractivity contribution in [2.24, 2.45) is 5.41 Å². The Bertz CT molecular complexity index is 1390. The largest absolute Gasteiger partial charge is 0.508 e. The van der Waals surface area contributed by atoms with Gasteiger partial charge in [0.25, 0.3) is 0 Å². The van der Waals surface area contributed by atoms with Gasteiger partial charge in [-0.05, 0) is 67.3 Å². The summed E-state index contributed by atoms with van der Waals surface area (Å²) in [5.41, 5.74) is 2.12. The van der Waals surface area contributed by atoms with Crippen LogP contribution >= 0.6 is 0 Å². The number of benzene rings is 2. The van der Waals surface area contributed by atoms with E-state index in [9.17, 15) is 34.8 Å². The second kappa shape index (κ2) is 11.0. The molecule has 0 unspecified atom stereocenters. The van der Waals surface area contributed by atoms with Crippen molar-refractivity contribution >= 4 is 23.8 Å². The average molecular weight is 569 g/mol. The fraction of sp³-hybridized carbons (Fsp3) is 0.433. The van der Waals surface area contributed by atoms with Crippen molar-refractivity contribution in [2.75, 3.05) is 13.2 Å². The molecular weight excluding hydrogens is 536 g/mol. The van der Waals surface area contributed by atoms with Gasteiger partial charge in [0.15, 0.2) is 18.2 Å². The van der Waals surface area contributed by atoms with E-state index in [0.717, 1.165) is 11.6 Å². The van der Waals surface area contributed by atoms with Gasteiger partial charge in [-0.1, -0.05) is 12.1 Å². The fourth-order valence-corrected chi connectivity index (χ4v) is 5.66. The van der Waals surface area contributed by atoms with Crippen molar-refractivity contribution in [3.63, 3.8) is 0 Å². The standard InChI is InChI=1S/C30H32O11/c1-14-17-10-11-38-28(37)18(17)12-19-22(14)26(36)30(2,3)27(19)41-29-24(35)23(34)25(20(13-31)39-29)40-21(33)9-6-15-4-7-16(32)8-5-15/h4-9,12,20,23-25,27,29,31-32,34-35H,10-11,13H2,1-3H3/b9-6+/t20-,23-,24-,25-,27-,29+/m1/s1. The number of rotatable bonds is 6. The SMILES string of the molecule is Cc1c2c(cc3c1C(=O)C(C)(C)[C@@H]3O[C@@H]1O[C@H](CO)[C@@H](OC(=O)/C=C/c3ccc(O)cc3)[C@H](O)[C@H]1O)C(=O)OCC2. The van der Waals surface area contributed by atoms with Gasteiger partial charge in [-0.25, -0.2) is 9.59 Å². The lowest BCUT2D eigenvalue weighted by Crippen LogP contribution is -2.60. The smallest absolute Gasteiger partial charge is 0.338 e. The molecule has 1 aliphatic carbocycles. The van der Waals surface area contributed by atoms with Crippen LogP contribution in [0.3, 0.4) is 0 Å². The molecule has 5 rings (SSSR count). The first-order chi connectivity index (χ1) is 19.4. The van der Waals surface area contributed by atoms with Crippen LogP contribution in [0.4, 0.5) is 0 Å². The Labute approximate surface area is 235 Å². The number of carbonyl (C=O) groups is 3. The Morgan fingerprint density at radius 1 is 1.15 bits per heavy atom. The molecule has 6 atom stereocenters. The molecule has 2 heterocycles. The molecule has 3 aliphatic rings. The van der Waals surface area contributed by atoms with E-state index in [1.165, 1.54) is 18.2 Å². The average Bonchev–Trinajstić information content (AvgIpc) is 3.13. The van der Waals surface area contributed by atoms with Gasteiger partial charge in [-0.15, -0.1) is 0 Å². The van der Waals surface area contributed by atoms with Crippen molar-refractivity contribution in [1.82, 2.24) is 0 Å². The van der Waals surface area contributed by atoms with E-state index in [1.54, 1.807) is 39.0 Å². The molecule has 2 aliphatic heterocycles. The number of Topliss-reactive ketones (excluding diaryl/α,β-unsaturated/α-hetero) is 1. The predicted molar refractivity (Wildman–Crippen MR) is 142 cm³/mol. The summed E-state index contributed by atoms with van der Waals surface area (Å²) in [6, 6.07) is 7.63. The number of carbonyl (C=O) groups excluding carboxylic acids is 3. The number of fused-ring (bicyclic) bond motifs is 2. The Balaban J connectivity index is 1.36. The van der Waals surface area contributed by atoms with E-state index in [1.807, 2.05) is 0 Å². The molecule has 2 aromatic carbocycles. The highest BCUT2D eigenvalue weighted by Crippen LogP contribution is 2.51. The molecule has 4 N–H and O–H groups in total. The van der Waals surface area contributed by atoms with Crippen LogP contribution in [0.5, 0.6) is 5.75 Å². The summed E-state index contributed by atoms with van der Waals surface area (Å²) in [5, 5.41) is 41.2. The van der Waals surface area contributed by atoms with E-state index in [0.29, 0.717) is 34.2 Å². The molecule has 11 heteroatoms. The quantitative estimate of drug-likeness (QED) is 0.296. The summed E-state index contributed by atoms with van der Waals surface area (Å²) < 4.78 is 22.4. The molecule has 0 radical (unpaired) electrons. The van der Waals surface area contributed by atoms with Crippen LogP contribution in [0, 0.1) is 12.3 Å². The van der Waals surface area contributed by atoms with Crippen LogP contribution in [0.1, 0.15) is 62.9 Å². The molecule has 11 nitrogen and oxygen atoms in total. The van der Waals surface area contributed by atoms with Crippen LogP contribution in [-0.2, 0) is 30.2 Å². The number of hydrogen-bond donors (Lipinski definition) is 4. The van der Waals surface area contributed by atoms with Crippen LogP contribution in [0.15, 0.2) is 36.4 Å². The highest BCUT2D eigenvalue weighted by molar-refractivity contribution is 6.08. The van der Waals surface area contributed by atoms with Crippen LogP contribution in [0.25, 0.3) is 6.08 Å². The van der Waals surface area contributed by atoms with E-state index in [-0.39, 0.29) is 18.1 Å². The Kier molecular flexibility index (Phi) is 7.75. The van der Waals surface area contributed by atoms with Gasteiger partial charge in [0.2, 0.25) is 0 Å². The second-order valence-electron chi connectivity index (χ2n) is 11.0. The summed E-state index contributed by atoms with van der Waals surface area (Å²) in [4.78, 5) is 38.5. The maximum absolute atomic E-state index is 13.5. The summed E-state index contributed by atoms with van der Waals surface area (Å²) in [7, 11) is 0. The van der Waals surface area contributed by atoms with Gasteiger partial charge in [-0.2, -0.15) is 0 Å². The minimum atomic E-state index is -1.71. The first-order valence-electron chi connectivity index (χ1n) is 13.3. The lowest BCUT2D eigenvalue weighted by Gasteiger charge is -2.43. The molecule has 0 amide bonds. The predicted octanol–water partition coefficient (Wildman–Crippen LogP) is 1.76. The number of hydrogen-bond acceptors (Lipinski definition) is 11. The topological polar surface area (TPSA) is 169 Å². The number of phenolic OH excluding ortho intramolecular Hbond substituents is 1. The Morgan fingerprint density at radius 3 is 2.54 bits per heavy atom. The number of aromatic hydroxyl groups is 1. The second-order valence-corrected chi connectivity index (χ2v) is 11.0. The van der Waals surface area contributed by atoms with Gasteiger partial charge >= 0.3 is 11.9 Å². The van der Waals surface area contributed by atoms with E-state index in [2.05, 4.69) is 0 Å². The monoisotopic (exact) mass is 568 g/mol. The van der Waals surface area contributed by atoms with Crippen molar-refractivity contribution in [2.45, 2.75) is 64.0 Å². The maximum Gasteiger partial charge on any atom is 0.338 e. The number of ketones is 1. The molecule has 0 saturated carbocycles. The van der Waals surface area contributed by atoms with Crippen LogP contribution < -0.4 is 0 Å². The first-order valence-corrected chi connectivity index (χ1v) is 13.3. The molecule has 1 saturated heterocycles. The normalized spacial score (nSPS) is 28.7. The number of aliphatic hydroxyl groups is 3. The minimum Gasteiger partial charge on any atom is -0.508 e. The fourth-order valence-electron chi connectivity index (χ4n) is 5.66. The molecule has 1 fully saturated rings. The molecule has 2 aromatic rings. The summed E-state index contributed by atoms with van der Waals surface area (Å²) in [6.07, 6.45) is -5.56. The summed E-state index contributed by atoms with van der Waals surface area (Å²) in [6.45, 7) is 4.68. The number of cyclic esters (lactones) is 1. The third-order valence-corrected chi connectivity index (χ3v) is 7.94. The Morgan fingerprint density at radius 2 is 1.85 bits per heavy atom. The van der Waals surface area contributed by atoms with Gasteiger partial charge in [-0.3, -0.25) is 4.79 Å². The maximum atomic E-state index is 13.5. The molecule has 0 bridgehead atoms. The van der Waals surface area contributed by atoms with Gasteiger partial charge in [0.1, 0.15) is 24.1 Å². The number of phenols is 1. The van der Waals surface area contributed by atoms with Crippen molar-refractivity contribution in [1.29, 1.82) is 0 Å². The number of aliphatic hydroxyl groups excluding tert-OH is 3. The van der Waals surface area contributed by atoms with Crippen molar-refractivity contribution in [3.05, 3.63) is 69.8 Å². The molecule has 0 aromatic heterocycles. The highest BCUT2D eigenvalue weighted by atomic mass is 16.7.